The number of likely N-dealkylation sites (tertiary alicyclic amines) is 1. The molecule has 2 aliphatic rings. The second kappa shape index (κ2) is 6.43. The zero-order valence-electron chi connectivity index (χ0n) is 12.1. The first-order valence-electron chi connectivity index (χ1n) is 7.78. The van der Waals surface area contributed by atoms with Crippen molar-refractivity contribution < 1.29 is 9.18 Å². The lowest BCUT2D eigenvalue weighted by Gasteiger charge is -2.34. The van der Waals surface area contributed by atoms with E-state index in [1.807, 2.05) is 4.90 Å². The minimum Gasteiger partial charge on any atom is -0.321 e. The summed E-state index contributed by atoms with van der Waals surface area (Å²) in [5.41, 5.74) is 0.259. The number of nitrogens with one attached hydrogen (secondary N) is 2. The number of anilines is 1. The Labute approximate surface area is 124 Å². The fraction of sp³-hybridized carbons (Fsp3) is 0.562. The third-order valence-corrected chi connectivity index (χ3v) is 4.55. The van der Waals surface area contributed by atoms with Crippen molar-refractivity contribution in [1.29, 1.82) is 0 Å². The number of piperidine rings is 1. The third kappa shape index (κ3) is 3.18. The van der Waals surface area contributed by atoms with Gasteiger partial charge in [-0.05, 0) is 56.8 Å². The van der Waals surface area contributed by atoms with Crippen LogP contribution in [0.2, 0.25) is 0 Å². The summed E-state index contributed by atoms with van der Waals surface area (Å²) in [6.45, 7) is 2.82. The molecule has 0 radical (unpaired) electrons. The maximum absolute atomic E-state index is 13.6. The van der Waals surface area contributed by atoms with Crippen molar-refractivity contribution in [2.75, 3.05) is 25.0 Å². The van der Waals surface area contributed by atoms with Gasteiger partial charge in [0.05, 0.1) is 5.69 Å². The molecule has 0 bridgehead atoms. The van der Waals surface area contributed by atoms with Gasteiger partial charge in [-0.25, -0.2) is 9.18 Å². The molecule has 0 aliphatic carbocycles. The molecule has 0 spiro atoms. The Hall–Kier alpha value is -1.62. The summed E-state index contributed by atoms with van der Waals surface area (Å²) in [4.78, 5) is 14.3. The number of rotatable bonds is 2. The van der Waals surface area contributed by atoms with E-state index in [9.17, 15) is 9.18 Å². The smallest absolute Gasteiger partial charge is 0.321 e. The average molecular weight is 291 g/mol. The first-order chi connectivity index (χ1) is 10.3. The molecule has 2 saturated heterocycles. The van der Waals surface area contributed by atoms with Gasteiger partial charge in [0.15, 0.2) is 0 Å². The highest BCUT2D eigenvalue weighted by atomic mass is 19.1. The van der Waals surface area contributed by atoms with E-state index in [0.717, 1.165) is 32.5 Å². The molecule has 21 heavy (non-hydrogen) atoms. The Balaban J connectivity index is 1.67. The van der Waals surface area contributed by atoms with Crippen LogP contribution in [0.5, 0.6) is 0 Å². The van der Waals surface area contributed by atoms with Crippen LogP contribution in [0.1, 0.15) is 25.7 Å². The minimum atomic E-state index is -0.388. The predicted molar refractivity (Wildman–Crippen MR) is 80.7 cm³/mol. The molecule has 2 fully saturated rings. The number of carbonyl (C=O) groups is 1. The van der Waals surface area contributed by atoms with E-state index in [4.69, 9.17) is 0 Å². The number of benzene rings is 1. The molecule has 1 aromatic rings. The molecule has 3 rings (SSSR count). The van der Waals surface area contributed by atoms with E-state index in [1.54, 1.807) is 18.2 Å². The lowest BCUT2D eigenvalue weighted by atomic mass is 9.90. The Morgan fingerprint density at radius 2 is 2.14 bits per heavy atom. The van der Waals surface area contributed by atoms with Gasteiger partial charge in [0.2, 0.25) is 0 Å². The molecule has 2 heterocycles. The summed E-state index contributed by atoms with van der Waals surface area (Å²) < 4.78 is 13.6. The summed E-state index contributed by atoms with van der Waals surface area (Å²) in [6.07, 6.45) is 4.42. The van der Waals surface area contributed by atoms with Crippen LogP contribution in [0, 0.1) is 11.7 Å². The lowest BCUT2D eigenvalue weighted by Crippen LogP contribution is -2.47. The second-order valence-electron chi connectivity index (χ2n) is 5.92. The van der Waals surface area contributed by atoms with Gasteiger partial charge in [0, 0.05) is 12.6 Å². The Morgan fingerprint density at radius 1 is 1.29 bits per heavy atom. The van der Waals surface area contributed by atoms with Crippen molar-refractivity contribution in [3.63, 3.8) is 0 Å². The van der Waals surface area contributed by atoms with Gasteiger partial charge in [0.1, 0.15) is 5.82 Å². The molecule has 114 valence electrons. The van der Waals surface area contributed by atoms with Crippen LogP contribution in [-0.2, 0) is 0 Å². The van der Waals surface area contributed by atoms with Gasteiger partial charge in [-0.1, -0.05) is 12.1 Å². The zero-order valence-corrected chi connectivity index (χ0v) is 12.1. The van der Waals surface area contributed by atoms with Gasteiger partial charge in [-0.3, -0.25) is 0 Å². The largest absolute Gasteiger partial charge is 0.322 e. The van der Waals surface area contributed by atoms with Crippen molar-refractivity contribution in [2.45, 2.75) is 31.7 Å². The van der Waals surface area contributed by atoms with Crippen LogP contribution in [0.25, 0.3) is 0 Å². The van der Waals surface area contributed by atoms with Crippen LogP contribution in [0.15, 0.2) is 24.3 Å². The topological polar surface area (TPSA) is 44.4 Å². The molecular formula is C16H22FN3O. The van der Waals surface area contributed by atoms with Crippen LogP contribution in [-0.4, -0.2) is 36.6 Å². The molecule has 2 aliphatic heterocycles. The molecule has 2 unspecified atom stereocenters. The molecule has 0 aromatic heterocycles. The highest BCUT2D eigenvalue weighted by Gasteiger charge is 2.35. The van der Waals surface area contributed by atoms with Crippen LogP contribution in [0.4, 0.5) is 14.9 Å². The lowest BCUT2D eigenvalue weighted by molar-refractivity contribution is 0.172. The van der Waals surface area contributed by atoms with E-state index in [2.05, 4.69) is 10.6 Å². The van der Waals surface area contributed by atoms with Crippen LogP contribution in [0.3, 0.4) is 0 Å². The minimum absolute atomic E-state index is 0.173. The van der Waals surface area contributed by atoms with Gasteiger partial charge < -0.3 is 15.5 Å². The molecular weight excluding hydrogens is 269 g/mol. The van der Waals surface area contributed by atoms with E-state index < -0.39 is 0 Å². The molecule has 1 aromatic carbocycles. The van der Waals surface area contributed by atoms with Crippen molar-refractivity contribution in [3.05, 3.63) is 30.1 Å². The number of para-hydroxylation sites is 1. The molecule has 2 amide bonds. The van der Waals surface area contributed by atoms with Crippen molar-refractivity contribution in [1.82, 2.24) is 10.2 Å². The fourth-order valence-corrected chi connectivity index (χ4v) is 3.49. The number of urea groups is 1. The number of carbonyl (C=O) groups excluding carboxylic acids is 1. The average Bonchev–Trinajstić information content (AvgIpc) is 3.00. The standard InChI is InChI=1S/C16H22FN3O/c17-13-6-1-2-7-14(13)19-16(21)20-10-4-8-15(20)12-5-3-9-18-11-12/h1-2,6-7,12,15,18H,3-5,8-11H2,(H,19,21). The summed E-state index contributed by atoms with van der Waals surface area (Å²) >= 11 is 0. The SMILES string of the molecule is O=C(Nc1ccccc1F)N1CCCC1C1CCCNC1. The monoisotopic (exact) mass is 291 g/mol. The van der Waals surface area contributed by atoms with Gasteiger partial charge in [-0.2, -0.15) is 0 Å². The zero-order chi connectivity index (χ0) is 14.7. The normalized spacial score (nSPS) is 25.9. The predicted octanol–water partition coefficient (Wildman–Crippen LogP) is 2.82. The summed E-state index contributed by atoms with van der Waals surface area (Å²) in [6, 6.07) is 6.42. The third-order valence-electron chi connectivity index (χ3n) is 4.55. The van der Waals surface area contributed by atoms with Gasteiger partial charge >= 0.3 is 6.03 Å². The highest BCUT2D eigenvalue weighted by Crippen LogP contribution is 2.29. The van der Waals surface area contributed by atoms with Gasteiger partial charge in [-0.15, -0.1) is 0 Å². The second-order valence-corrected chi connectivity index (χ2v) is 5.92. The Kier molecular flexibility index (Phi) is 4.39. The van der Waals surface area contributed by atoms with E-state index in [0.29, 0.717) is 5.92 Å². The fourth-order valence-electron chi connectivity index (χ4n) is 3.49. The van der Waals surface area contributed by atoms with Crippen molar-refractivity contribution in [2.24, 2.45) is 5.92 Å². The molecule has 2 N–H and O–H groups in total. The number of amides is 2. The number of nitrogens with zero attached hydrogens (tertiary/aromatic N) is 1. The van der Waals surface area contributed by atoms with Crippen LogP contribution >= 0.6 is 0 Å². The van der Waals surface area contributed by atoms with Crippen LogP contribution < -0.4 is 10.6 Å². The van der Waals surface area contributed by atoms with E-state index >= 15 is 0 Å². The summed E-state index contributed by atoms with van der Waals surface area (Å²) in [5, 5.41) is 6.12. The molecule has 5 heteroatoms. The summed E-state index contributed by atoms with van der Waals surface area (Å²) in [5.74, 6) is 0.133. The molecule has 2 atom stereocenters. The quantitative estimate of drug-likeness (QED) is 0.880. The van der Waals surface area contributed by atoms with E-state index in [1.165, 1.54) is 18.9 Å². The summed E-state index contributed by atoms with van der Waals surface area (Å²) in [7, 11) is 0. The number of halogens is 1. The van der Waals surface area contributed by atoms with Crippen molar-refractivity contribution in [3.8, 4) is 0 Å². The first-order valence-corrected chi connectivity index (χ1v) is 7.78. The molecule has 4 nitrogen and oxygen atoms in total. The van der Waals surface area contributed by atoms with E-state index in [-0.39, 0.29) is 23.6 Å². The number of hydrogen-bond donors (Lipinski definition) is 2. The maximum Gasteiger partial charge on any atom is 0.322 e. The number of hydrogen-bond acceptors (Lipinski definition) is 2. The van der Waals surface area contributed by atoms with Gasteiger partial charge in [0.25, 0.3) is 0 Å². The Morgan fingerprint density at radius 3 is 2.90 bits per heavy atom. The maximum atomic E-state index is 13.6. The first kappa shape index (κ1) is 14.3. The highest BCUT2D eigenvalue weighted by molar-refractivity contribution is 5.89. The van der Waals surface area contributed by atoms with Crippen molar-refractivity contribution >= 4 is 11.7 Å². The molecule has 0 saturated carbocycles. The Bertz CT molecular complexity index is 502.